The molecule has 0 amide bonds. The highest BCUT2D eigenvalue weighted by atomic mass is 16.5. The molecule has 0 spiro atoms. The number of aryl methyl sites for hydroxylation is 1. The van der Waals surface area contributed by atoms with Gasteiger partial charge in [-0.05, 0) is 19.1 Å². The van der Waals surface area contributed by atoms with Gasteiger partial charge in [0.2, 0.25) is 0 Å². The molecule has 0 atom stereocenters. The van der Waals surface area contributed by atoms with E-state index in [1.807, 2.05) is 55.1 Å². The molecule has 0 aliphatic rings. The Bertz CT molecular complexity index is 544. The van der Waals surface area contributed by atoms with E-state index in [0.717, 1.165) is 11.4 Å². The van der Waals surface area contributed by atoms with E-state index in [1.165, 1.54) is 7.11 Å². The highest BCUT2D eigenvalue weighted by Gasteiger charge is 2.25. The minimum Gasteiger partial charge on any atom is -0.461 e. The van der Waals surface area contributed by atoms with Crippen LogP contribution in [0.25, 0.3) is 5.69 Å². The van der Waals surface area contributed by atoms with Gasteiger partial charge in [0.1, 0.15) is 5.69 Å². The number of para-hydroxylation sites is 1. The Labute approximate surface area is 100 Å². The van der Waals surface area contributed by atoms with Crippen LogP contribution in [0.1, 0.15) is 16.2 Å². The molecule has 1 heterocycles. The smallest absolute Gasteiger partial charge is 0.405 e. The molecule has 4 heteroatoms. The average Bonchev–Trinajstić information content (AvgIpc) is 2.65. The number of rotatable bonds is 2. The molecule has 0 unspecified atom stereocenters. The molecular weight excluding hydrogens is 216 g/mol. The Kier molecular flexibility index (Phi) is 2.95. The fourth-order valence-electron chi connectivity index (χ4n) is 1.94. The highest BCUT2D eigenvalue weighted by molar-refractivity contribution is 5.85. The first-order chi connectivity index (χ1) is 8.15. The van der Waals surface area contributed by atoms with Crippen molar-refractivity contribution >= 4 is 5.97 Å². The number of methoxy groups -OCH3 is 1. The quantitative estimate of drug-likeness (QED) is 0.578. The third-order valence-corrected chi connectivity index (χ3v) is 2.72. The van der Waals surface area contributed by atoms with Gasteiger partial charge in [0.25, 0.3) is 0 Å². The maximum atomic E-state index is 11.6. The van der Waals surface area contributed by atoms with Crippen LogP contribution in [0, 0.1) is 6.92 Å². The number of aromatic nitrogens is 2. The molecule has 0 aliphatic carbocycles. The van der Waals surface area contributed by atoms with Gasteiger partial charge in [-0.2, -0.15) is 0 Å². The molecule has 0 saturated carbocycles. The Hall–Kier alpha value is -2.10. The first-order valence-corrected chi connectivity index (χ1v) is 5.37. The van der Waals surface area contributed by atoms with Crippen molar-refractivity contribution in [2.75, 3.05) is 7.11 Å². The van der Waals surface area contributed by atoms with Gasteiger partial charge < -0.3 is 4.74 Å². The van der Waals surface area contributed by atoms with Gasteiger partial charge in [0, 0.05) is 6.07 Å². The maximum Gasteiger partial charge on any atom is 0.405 e. The fraction of sp³-hybridized carbons (Fsp3) is 0.231. The van der Waals surface area contributed by atoms with Gasteiger partial charge in [-0.15, -0.1) is 4.68 Å². The molecule has 88 valence electrons. The van der Waals surface area contributed by atoms with E-state index in [0.29, 0.717) is 5.69 Å². The summed E-state index contributed by atoms with van der Waals surface area (Å²) in [6.45, 7) is 1.96. The molecule has 17 heavy (non-hydrogen) atoms. The van der Waals surface area contributed by atoms with Crippen LogP contribution < -0.4 is 4.68 Å². The van der Waals surface area contributed by atoms with Crippen molar-refractivity contribution in [2.24, 2.45) is 7.05 Å². The lowest BCUT2D eigenvalue weighted by molar-refractivity contribution is -0.746. The van der Waals surface area contributed by atoms with Gasteiger partial charge in [0.15, 0.2) is 7.05 Å². The number of benzene rings is 1. The summed E-state index contributed by atoms with van der Waals surface area (Å²) in [4.78, 5) is 11.6. The number of nitrogens with zero attached hydrogens (tertiary/aromatic N) is 2. The van der Waals surface area contributed by atoms with Crippen LogP contribution in [0.3, 0.4) is 0 Å². The second-order valence-corrected chi connectivity index (χ2v) is 3.83. The standard InChI is InChI=1S/C13H15N2O2/c1-10-9-12(13(16)17-3)14(2)15(10)11-7-5-4-6-8-11/h4-9H,1-3H3/q+1. The molecule has 0 N–H and O–H groups in total. The number of esters is 1. The predicted octanol–water partition coefficient (Wildman–Crippen LogP) is 1.40. The zero-order valence-electron chi connectivity index (χ0n) is 10.2. The van der Waals surface area contributed by atoms with Crippen LogP contribution in [0.4, 0.5) is 0 Å². The second-order valence-electron chi connectivity index (χ2n) is 3.83. The van der Waals surface area contributed by atoms with Gasteiger partial charge in [-0.1, -0.05) is 22.9 Å². The minimum absolute atomic E-state index is 0.328. The van der Waals surface area contributed by atoms with Crippen molar-refractivity contribution in [1.82, 2.24) is 4.68 Å². The Morgan fingerprint density at radius 1 is 1.29 bits per heavy atom. The molecule has 1 aromatic carbocycles. The average molecular weight is 231 g/mol. The highest BCUT2D eigenvalue weighted by Crippen LogP contribution is 2.10. The Morgan fingerprint density at radius 3 is 2.53 bits per heavy atom. The summed E-state index contributed by atoms with van der Waals surface area (Å²) in [5, 5.41) is 0. The first kappa shape index (κ1) is 11.4. The normalized spacial score (nSPS) is 10.3. The van der Waals surface area contributed by atoms with Crippen LogP contribution in [0.15, 0.2) is 36.4 Å². The summed E-state index contributed by atoms with van der Waals surface area (Å²) in [6, 6.07) is 11.7. The summed E-state index contributed by atoms with van der Waals surface area (Å²) < 4.78 is 8.50. The summed E-state index contributed by atoms with van der Waals surface area (Å²) in [5.74, 6) is -0.328. The van der Waals surface area contributed by atoms with Crippen LogP contribution >= 0.6 is 0 Å². The van der Waals surface area contributed by atoms with E-state index in [-0.39, 0.29) is 5.97 Å². The van der Waals surface area contributed by atoms with E-state index in [9.17, 15) is 4.79 Å². The molecule has 1 aromatic heterocycles. The lowest BCUT2D eigenvalue weighted by atomic mass is 10.3. The van der Waals surface area contributed by atoms with E-state index in [2.05, 4.69) is 0 Å². The van der Waals surface area contributed by atoms with Crippen molar-refractivity contribution in [1.29, 1.82) is 0 Å². The summed E-state index contributed by atoms with van der Waals surface area (Å²) >= 11 is 0. The van der Waals surface area contributed by atoms with Gasteiger partial charge in [-0.3, -0.25) is 0 Å². The van der Waals surface area contributed by atoms with Crippen molar-refractivity contribution in [3.05, 3.63) is 47.8 Å². The molecular formula is C13H15N2O2+. The SMILES string of the molecule is COC(=O)c1cc(C)n(-c2ccccc2)[n+]1C. The number of ether oxygens (including phenoxy) is 1. The number of carbonyl (C=O) groups is 1. The zero-order valence-corrected chi connectivity index (χ0v) is 10.2. The second kappa shape index (κ2) is 4.41. The van der Waals surface area contributed by atoms with Gasteiger partial charge in [0.05, 0.1) is 12.8 Å². The van der Waals surface area contributed by atoms with Crippen LogP contribution in [-0.2, 0) is 11.8 Å². The van der Waals surface area contributed by atoms with Crippen molar-refractivity contribution in [3.8, 4) is 5.69 Å². The number of hydrogen-bond acceptors (Lipinski definition) is 2. The lowest BCUT2D eigenvalue weighted by Gasteiger charge is -2.02. The molecule has 0 aliphatic heterocycles. The van der Waals surface area contributed by atoms with E-state index >= 15 is 0 Å². The molecule has 4 nitrogen and oxygen atoms in total. The monoisotopic (exact) mass is 231 g/mol. The molecule has 0 radical (unpaired) electrons. The third-order valence-electron chi connectivity index (χ3n) is 2.72. The lowest BCUT2D eigenvalue weighted by Crippen LogP contribution is -2.43. The molecule has 0 saturated heterocycles. The van der Waals surface area contributed by atoms with E-state index in [1.54, 1.807) is 4.68 Å². The fourth-order valence-corrected chi connectivity index (χ4v) is 1.94. The first-order valence-electron chi connectivity index (χ1n) is 5.37. The largest absolute Gasteiger partial charge is 0.461 e. The minimum atomic E-state index is -0.328. The van der Waals surface area contributed by atoms with E-state index in [4.69, 9.17) is 4.74 Å². The van der Waals surface area contributed by atoms with E-state index < -0.39 is 0 Å². The van der Waals surface area contributed by atoms with Crippen molar-refractivity contribution in [3.63, 3.8) is 0 Å². The summed E-state index contributed by atoms with van der Waals surface area (Å²) in [5.41, 5.74) is 2.54. The Balaban J connectivity index is 2.57. The van der Waals surface area contributed by atoms with Crippen molar-refractivity contribution < 1.29 is 14.2 Å². The maximum absolute atomic E-state index is 11.6. The van der Waals surface area contributed by atoms with Crippen LogP contribution in [0.2, 0.25) is 0 Å². The summed E-state index contributed by atoms with van der Waals surface area (Å²) in [7, 11) is 3.23. The molecule has 0 bridgehead atoms. The van der Waals surface area contributed by atoms with Crippen molar-refractivity contribution in [2.45, 2.75) is 6.92 Å². The number of carbonyl (C=O) groups excluding carboxylic acids is 1. The third kappa shape index (κ3) is 1.93. The van der Waals surface area contributed by atoms with Crippen LogP contribution in [-0.4, -0.2) is 17.8 Å². The topological polar surface area (TPSA) is 35.1 Å². The molecule has 2 rings (SSSR count). The number of hydrogen-bond donors (Lipinski definition) is 0. The van der Waals surface area contributed by atoms with Crippen LogP contribution in [0.5, 0.6) is 0 Å². The Morgan fingerprint density at radius 2 is 1.94 bits per heavy atom. The van der Waals surface area contributed by atoms with Gasteiger partial charge >= 0.3 is 11.7 Å². The zero-order chi connectivity index (χ0) is 12.4. The molecule has 0 fully saturated rings. The summed E-state index contributed by atoms with van der Waals surface area (Å²) in [6.07, 6.45) is 0. The molecule has 2 aromatic rings. The van der Waals surface area contributed by atoms with Gasteiger partial charge in [-0.25, -0.2) is 4.79 Å². The predicted molar refractivity (Wildman–Crippen MR) is 63.0 cm³/mol.